The third-order valence-electron chi connectivity index (χ3n) is 8.47. The van der Waals surface area contributed by atoms with Crippen LogP contribution in [-0.2, 0) is 10.7 Å². The predicted octanol–water partition coefficient (Wildman–Crippen LogP) is 5.61. The highest BCUT2D eigenvalue weighted by Crippen LogP contribution is 2.39. The zero-order valence-corrected chi connectivity index (χ0v) is 23.4. The molecule has 2 unspecified atom stereocenters. The standard InChI is InChI=1S/C33H27F2N7O/c1-21-13-22(11-12-37-21)24-14-29(31-25(15-36)17-39-41(31)18-24)23-7-10-30(38-16-23)40-19-27-8-9-28(20-40)42(27)32(43)33(34,35)26-5-3-2-4-6-26/h2-7,10-14,16-18,27-28H,8-9,19-20H2,1H3. The van der Waals surface area contributed by atoms with E-state index in [1.807, 2.05) is 43.5 Å². The van der Waals surface area contributed by atoms with Crippen molar-refractivity contribution in [3.63, 3.8) is 0 Å². The number of carbonyl (C=O) groups is 1. The second kappa shape index (κ2) is 10.3. The summed E-state index contributed by atoms with van der Waals surface area (Å²) >= 11 is 0. The number of benzene rings is 1. The van der Waals surface area contributed by atoms with Crippen molar-refractivity contribution in [3.05, 3.63) is 102 Å². The lowest BCUT2D eigenvalue weighted by molar-refractivity contribution is -0.162. The number of anilines is 1. The molecular formula is C33H27F2N7O. The molecule has 0 radical (unpaired) electrons. The molecule has 5 aromatic rings. The minimum atomic E-state index is -3.57. The third-order valence-corrected chi connectivity index (χ3v) is 8.47. The van der Waals surface area contributed by atoms with Gasteiger partial charge in [-0.05, 0) is 55.7 Å². The summed E-state index contributed by atoms with van der Waals surface area (Å²) in [6.07, 6.45) is 8.33. The van der Waals surface area contributed by atoms with E-state index in [0.717, 1.165) is 27.9 Å². The molecule has 2 fully saturated rings. The fourth-order valence-electron chi connectivity index (χ4n) is 6.39. The van der Waals surface area contributed by atoms with Crippen LogP contribution in [0, 0.1) is 18.3 Å². The number of nitrogens with zero attached hydrogens (tertiary/aromatic N) is 7. The number of fused-ring (bicyclic) bond motifs is 3. The fourth-order valence-corrected chi connectivity index (χ4v) is 6.39. The molecule has 8 nitrogen and oxygen atoms in total. The summed E-state index contributed by atoms with van der Waals surface area (Å²) in [7, 11) is 0. The third kappa shape index (κ3) is 4.57. The van der Waals surface area contributed by atoms with Gasteiger partial charge in [0.1, 0.15) is 11.9 Å². The number of aryl methyl sites for hydroxylation is 1. The van der Waals surface area contributed by atoms with Gasteiger partial charge in [0.2, 0.25) is 0 Å². The van der Waals surface area contributed by atoms with Crippen LogP contribution in [0.4, 0.5) is 14.6 Å². The normalized spacial score (nSPS) is 18.2. The number of rotatable bonds is 5. The van der Waals surface area contributed by atoms with E-state index in [4.69, 9.17) is 4.98 Å². The lowest BCUT2D eigenvalue weighted by Gasteiger charge is -2.42. The first kappa shape index (κ1) is 26.7. The molecule has 7 rings (SSSR count). The highest BCUT2D eigenvalue weighted by molar-refractivity contribution is 5.88. The Hall–Kier alpha value is -5.17. The Labute approximate surface area is 246 Å². The van der Waals surface area contributed by atoms with Crippen LogP contribution >= 0.6 is 0 Å². The highest BCUT2D eigenvalue weighted by Gasteiger charge is 2.52. The molecule has 0 spiro atoms. The van der Waals surface area contributed by atoms with Gasteiger partial charge >= 0.3 is 5.92 Å². The van der Waals surface area contributed by atoms with E-state index in [1.54, 1.807) is 29.2 Å². The molecule has 2 bridgehead atoms. The Morgan fingerprint density at radius 1 is 0.953 bits per heavy atom. The van der Waals surface area contributed by atoms with Crippen molar-refractivity contribution in [2.75, 3.05) is 18.0 Å². The molecule has 0 N–H and O–H groups in total. The molecule has 2 saturated heterocycles. The zero-order chi connectivity index (χ0) is 29.7. The van der Waals surface area contributed by atoms with E-state index in [-0.39, 0.29) is 17.6 Å². The Bertz CT molecular complexity index is 1870. The van der Waals surface area contributed by atoms with Crippen molar-refractivity contribution in [2.45, 2.75) is 37.8 Å². The van der Waals surface area contributed by atoms with Crippen molar-refractivity contribution >= 4 is 17.2 Å². The number of halogens is 2. The van der Waals surface area contributed by atoms with Crippen LogP contribution in [0.3, 0.4) is 0 Å². The van der Waals surface area contributed by atoms with Crippen LogP contribution in [0.25, 0.3) is 27.8 Å². The minimum Gasteiger partial charge on any atom is -0.352 e. The molecule has 6 heterocycles. The maximum Gasteiger partial charge on any atom is 0.349 e. The average Bonchev–Trinajstić information content (AvgIpc) is 3.57. The van der Waals surface area contributed by atoms with Crippen LogP contribution < -0.4 is 4.90 Å². The van der Waals surface area contributed by atoms with Crippen molar-refractivity contribution < 1.29 is 13.6 Å². The quantitative estimate of drug-likeness (QED) is 0.271. The number of pyridine rings is 3. The number of hydrogen-bond donors (Lipinski definition) is 0. The van der Waals surface area contributed by atoms with Gasteiger partial charge in [-0.15, -0.1) is 0 Å². The van der Waals surface area contributed by atoms with Gasteiger partial charge in [-0.3, -0.25) is 9.78 Å². The molecule has 0 aliphatic carbocycles. The molecule has 1 amide bonds. The Balaban J connectivity index is 1.17. The van der Waals surface area contributed by atoms with E-state index in [0.29, 0.717) is 42.8 Å². The molecule has 10 heteroatoms. The molecule has 2 atom stereocenters. The van der Waals surface area contributed by atoms with Crippen molar-refractivity contribution in [1.82, 2.24) is 24.5 Å². The summed E-state index contributed by atoms with van der Waals surface area (Å²) in [5.74, 6) is -3.99. The summed E-state index contributed by atoms with van der Waals surface area (Å²) in [5, 5.41) is 14.2. The molecule has 2 aliphatic rings. The summed E-state index contributed by atoms with van der Waals surface area (Å²) in [5.41, 5.74) is 5.30. The number of nitriles is 1. The molecule has 4 aromatic heterocycles. The Morgan fingerprint density at radius 2 is 1.72 bits per heavy atom. The fraction of sp³-hybridized carbons (Fsp3) is 0.242. The lowest BCUT2D eigenvalue weighted by atomic mass is 10.00. The van der Waals surface area contributed by atoms with Gasteiger partial charge in [-0.25, -0.2) is 9.50 Å². The maximum absolute atomic E-state index is 15.2. The number of hydrogen-bond acceptors (Lipinski definition) is 6. The Kier molecular flexibility index (Phi) is 6.38. The smallest absolute Gasteiger partial charge is 0.349 e. The Morgan fingerprint density at radius 3 is 2.40 bits per heavy atom. The number of piperazine rings is 1. The van der Waals surface area contributed by atoms with Crippen molar-refractivity contribution in [1.29, 1.82) is 5.26 Å². The summed E-state index contributed by atoms with van der Waals surface area (Å²) in [4.78, 5) is 25.7. The van der Waals surface area contributed by atoms with Gasteiger partial charge in [0.05, 0.1) is 17.3 Å². The molecule has 214 valence electrons. The number of aromatic nitrogens is 4. The van der Waals surface area contributed by atoms with Crippen LogP contribution in [0.2, 0.25) is 0 Å². The van der Waals surface area contributed by atoms with Gasteiger partial charge in [-0.1, -0.05) is 30.3 Å². The monoisotopic (exact) mass is 575 g/mol. The van der Waals surface area contributed by atoms with E-state index in [1.165, 1.54) is 29.2 Å². The van der Waals surface area contributed by atoms with E-state index in [2.05, 4.69) is 21.1 Å². The van der Waals surface area contributed by atoms with E-state index >= 15 is 8.78 Å². The topological polar surface area (TPSA) is 90.4 Å². The molecule has 43 heavy (non-hydrogen) atoms. The van der Waals surface area contributed by atoms with Gasteiger partial charge in [0, 0.05) is 71.7 Å². The van der Waals surface area contributed by atoms with Gasteiger partial charge < -0.3 is 9.80 Å². The van der Waals surface area contributed by atoms with Gasteiger partial charge in [0.15, 0.2) is 0 Å². The largest absolute Gasteiger partial charge is 0.352 e. The number of carbonyl (C=O) groups excluding carboxylic acids is 1. The maximum atomic E-state index is 15.2. The number of amides is 1. The van der Waals surface area contributed by atoms with Crippen molar-refractivity contribution in [2.24, 2.45) is 0 Å². The average molecular weight is 576 g/mol. The van der Waals surface area contributed by atoms with Crippen LogP contribution in [0.1, 0.15) is 29.7 Å². The van der Waals surface area contributed by atoms with Crippen LogP contribution in [-0.4, -0.2) is 55.6 Å². The molecular weight excluding hydrogens is 548 g/mol. The van der Waals surface area contributed by atoms with Gasteiger partial charge in [0.25, 0.3) is 5.91 Å². The van der Waals surface area contributed by atoms with E-state index in [9.17, 15) is 10.1 Å². The second-order valence-corrected chi connectivity index (χ2v) is 11.1. The predicted molar refractivity (Wildman–Crippen MR) is 157 cm³/mol. The second-order valence-electron chi connectivity index (χ2n) is 11.1. The lowest BCUT2D eigenvalue weighted by Crippen LogP contribution is -2.59. The summed E-state index contributed by atoms with van der Waals surface area (Å²) in [6.45, 7) is 2.80. The first-order valence-corrected chi connectivity index (χ1v) is 14.2. The van der Waals surface area contributed by atoms with Crippen molar-refractivity contribution in [3.8, 4) is 28.3 Å². The first-order valence-electron chi connectivity index (χ1n) is 14.2. The molecule has 2 aliphatic heterocycles. The molecule has 0 saturated carbocycles. The molecule has 1 aromatic carbocycles. The van der Waals surface area contributed by atoms with Crippen LogP contribution in [0.15, 0.2) is 85.5 Å². The highest BCUT2D eigenvalue weighted by atomic mass is 19.3. The SMILES string of the molecule is Cc1cc(-c2cc(-c3ccc(N4CC5CCC(C4)N5C(=O)C(F)(F)c4ccccc4)nc3)c3c(C#N)cnn3c2)ccn1. The summed E-state index contributed by atoms with van der Waals surface area (Å²) in [6, 6.07) is 18.7. The number of alkyl halides is 2. The summed E-state index contributed by atoms with van der Waals surface area (Å²) < 4.78 is 32.1. The first-order chi connectivity index (χ1) is 20.8. The van der Waals surface area contributed by atoms with E-state index < -0.39 is 11.8 Å². The van der Waals surface area contributed by atoms with Gasteiger partial charge in [-0.2, -0.15) is 19.1 Å². The zero-order valence-electron chi connectivity index (χ0n) is 23.4. The van der Waals surface area contributed by atoms with Crippen LogP contribution in [0.5, 0.6) is 0 Å². The minimum absolute atomic E-state index is 0.283.